The summed E-state index contributed by atoms with van der Waals surface area (Å²) in [4.78, 5) is 18.5. The van der Waals surface area contributed by atoms with Crippen LogP contribution < -0.4 is 5.32 Å². The topological polar surface area (TPSA) is 83.3 Å². The summed E-state index contributed by atoms with van der Waals surface area (Å²) in [6.07, 6.45) is 7.20. The van der Waals surface area contributed by atoms with Crippen molar-refractivity contribution in [2.45, 2.75) is 63.5 Å². The van der Waals surface area contributed by atoms with Crippen molar-refractivity contribution >= 4 is 11.8 Å². The van der Waals surface area contributed by atoms with Gasteiger partial charge in [0, 0.05) is 42.9 Å². The molecule has 2 atom stereocenters. The zero-order valence-electron chi connectivity index (χ0n) is 21.5. The number of alkyl halides is 2. The summed E-state index contributed by atoms with van der Waals surface area (Å²) in [6, 6.07) is 12.9. The number of rotatable bonds is 11. The second kappa shape index (κ2) is 11.6. The third-order valence-electron chi connectivity index (χ3n) is 7.72. The Kier molecular flexibility index (Phi) is 8.02. The SMILES string of the molecule is O=C(O)C(c1cnn(Cc2ccccc2)c1)N1CC[C@@H](C(F)(F)CCCCc2ccc3c(n2)NCCC3)C1. The van der Waals surface area contributed by atoms with Crippen LogP contribution in [0, 0.1) is 5.92 Å². The predicted octanol–water partition coefficient (Wildman–Crippen LogP) is 5.18. The third kappa shape index (κ3) is 6.20. The predicted molar refractivity (Wildman–Crippen MR) is 141 cm³/mol. The fourth-order valence-electron chi connectivity index (χ4n) is 5.63. The molecule has 38 heavy (non-hydrogen) atoms. The number of aliphatic carboxylic acids is 1. The van der Waals surface area contributed by atoms with Gasteiger partial charge in [-0.25, -0.2) is 13.8 Å². The first-order valence-electron chi connectivity index (χ1n) is 13.5. The number of carboxylic acids is 1. The van der Waals surface area contributed by atoms with E-state index in [9.17, 15) is 9.90 Å². The summed E-state index contributed by atoms with van der Waals surface area (Å²) in [6.45, 7) is 1.83. The van der Waals surface area contributed by atoms with Crippen molar-refractivity contribution in [3.63, 3.8) is 0 Å². The number of hydrogen-bond acceptors (Lipinski definition) is 5. The van der Waals surface area contributed by atoms with Crippen molar-refractivity contribution in [2.75, 3.05) is 25.0 Å². The molecule has 2 aliphatic rings. The van der Waals surface area contributed by atoms with Crippen molar-refractivity contribution in [3.05, 3.63) is 77.2 Å². The Morgan fingerprint density at radius 3 is 2.84 bits per heavy atom. The zero-order chi connectivity index (χ0) is 26.5. The van der Waals surface area contributed by atoms with Crippen LogP contribution >= 0.6 is 0 Å². The van der Waals surface area contributed by atoms with Gasteiger partial charge in [-0.05, 0) is 62.3 Å². The van der Waals surface area contributed by atoms with Crippen LogP contribution in [0.1, 0.15) is 60.5 Å². The average Bonchev–Trinajstić information content (AvgIpc) is 3.58. The molecule has 0 radical (unpaired) electrons. The van der Waals surface area contributed by atoms with E-state index in [-0.39, 0.29) is 19.4 Å². The fourth-order valence-corrected chi connectivity index (χ4v) is 5.63. The molecule has 1 aromatic carbocycles. The monoisotopic (exact) mass is 523 g/mol. The molecular formula is C29H35F2N5O2. The molecule has 202 valence electrons. The van der Waals surface area contributed by atoms with Crippen molar-refractivity contribution in [1.82, 2.24) is 19.7 Å². The highest BCUT2D eigenvalue weighted by molar-refractivity contribution is 5.75. The first-order valence-corrected chi connectivity index (χ1v) is 13.5. The molecule has 2 N–H and O–H groups in total. The Hall–Kier alpha value is -3.33. The zero-order valence-corrected chi connectivity index (χ0v) is 21.5. The quantitative estimate of drug-likeness (QED) is 0.337. The summed E-state index contributed by atoms with van der Waals surface area (Å²) in [5, 5.41) is 17.6. The standard InChI is InChI=1S/C29H35F2N5O2/c30-29(31,14-5-4-10-25-12-11-22-9-6-15-32-27(22)34-25)24-13-16-35(20-24)26(28(37)38)23-17-33-36(19-23)18-21-7-2-1-3-8-21/h1-3,7-8,11-12,17,19,24,26H,4-6,9-10,13-16,18,20H2,(H,32,34)(H,37,38)/t24-,26?/m1/s1. The fraction of sp³-hybridized carbons (Fsp3) is 0.483. The van der Waals surface area contributed by atoms with E-state index in [1.165, 1.54) is 11.8 Å². The smallest absolute Gasteiger partial charge is 0.325 e. The second-order valence-electron chi connectivity index (χ2n) is 10.5. The number of nitrogens with one attached hydrogen (secondary N) is 1. The molecule has 1 fully saturated rings. The summed E-state index contributed by atoms with van der Waals surface area (Å²) in [5.41, 5.74) is 3.73. The normalized spacial score (nSPS) is 18.6. The van der Waals surface area contributed by atoms with E-state index in [0.717, 1.165) is 36.5 Å². The lowest BCUT2D eigenvalue weighted by Crippen LogP contribution is -2.35. The molecule has 2 aromatic heterocycles. The Labute approximate surface area is 221 Å². The van der Waals surface area contributed by atoms with Gasteiger partial charge >= 0.3 is 5.97 Å². The maximum absolute atomic E-state index is 15.2. The molecule has 0 bridgehead atoms. The van der Waals surface area contributed by atoms with Crippen LogP contribution in [-0.4, -0.2) is 56.3 Å². The molecule has 9 heteroatoms. The van der Waals surface area contributed by atoms with Crippen molar-refractivity contribution in [3.8, 4) is 0 Å². The highest BCUT2D eigenvalue weighted by atomic mass is 19.3. The first kappa shape index (κ1) is 26.3. The van der Waals surface area contributed by atoms with Gasteiger partial charge in [0.1, 0.15) is 11.9 Å². The van der Waals surface area contributed by atoms with Gasteiger partial charge in [-0.15, -0.1) is 0 Å². The first-order chi connectivity index (χ1) is 18.4. The highest BCUT2D eigenvalue weighted by Crippen LogP contribution is 2.39. The number of aryl methyl sites for hydroxylation is 2. The summed E-state index contributed by atoms with van der Waals surface area (Å²) >= 11 is 0. The minimum atomic E-state index is -2.83. The van der Waals surface area contributed by atoms with Crippen LogP contribution in [0.3, 0.4) is 0 Å². The number of carbonyl (C=O) groups is 1. The molecule has 3 aromatic rings. The average molecular weight is 524 g/mol. The van der Waals surface area contributed by atoms with E-state index in [1.807, 2.05) is 36.4 Å². The molecule has 0 amide bonds. The largest absolute Gasteiger partial charge is 0.480 e. The minimum Gasteiger partial charge on any atom is -0.480 e. The lowest BCUT2D eigenvalue weighted by molar-refractivity contribution is -0.143. The molecule has 5 rings (SSSR count). The maximum atomic E-state index is 15.2. The number of benzene rings is 1. The van der Waals surface area contributed by atoms with Crippen LogP contribution in [0.5, 0.6) is 0 Å². The van der Waals surface area contributed by atoms with E-state index < -0.39 is 23.9 Å². The van der Waals surface area contributed by atoms with Crippen LogP contribution in [0.15, 0.2) is 54.9 Å². The molecule has 0 spiro atoms. The van der Waals surface area contributed by atoms with E-state index in [4.69, 9.17) is 0 Å². The van der Waals surface area contributed by atoms with E-state index in [1.54, 1.807) is 15.8 Å². The Balaban J connectivity index is 1.13. The Morgan fingerprint density at radius 1 is 1.18 bits per heavy atom. The van der Waals surface area contributed by atoms with E-state index >= 15 is 8.78 Å². The van der Waals surface area contributed by atoms with Gasteiger partial charge in [0.05, 0.1) is 12.7 Å². The Bertz CT molecular complexity index is 1230. The third-order valence-corrected chi connectivity index (χ3v) is 7.72. The van der Waals surface area contributed by atoms with Crippen LogP contribution in [0.2, 0.25) is 0 Å². The number of halogens is 2. The number of unbranched alkanes of at least 4 members (excludes halogenated alkanes) is 1. The maximum Gasteiger partial charge on any atom is 0.325 e. The Morgan fingerprint density at radius 2 is 2.03 bits per heavy atom. The van der Waals surface area contributed by atoms with Crippen LogP contribution in [0.4, 0.5) is 14.6 Å². The number of nitrogens with zero attached hydrogens (tertiary/aromatic N) is 4. The summed E-state index contributed by atoms with van der Waals surface area (Å²) in [7, 11) is 0. The number of aromatic nitrogens is 3. The lowest BCUT2D eigenvalue weighted by Gasteiger charge is -2.26. The summed E-state index contributed by atoms with van der Waals surface area (Å²) < 4.78 is 32.0. The number of anilines is 1. The molecule has 4 heterocycles. The minimum absolute atomic E-state index is 0.0614. The molecule has 7 nitrogen and oxygen atoms in total. The molecule has 0 saturated carbocycles. The van der Waals surface area contributed by atoms with Gasteiger partial charge in [-0.2, -0.15) is 5.10 Å². The number of hydrogen-bond donors (Lipinski definition) is 2. The van der Waals surface area contributed by atoms with Gasteiger partial charge in [-0.1, -0.05) is 36.4 Å². The van der Waals surface area contributed by atoms with Gasteiger partial charge in [0.25, 0.3) is 5.92 Å². The number of carboxylic acid groups (broad SMARTS) is 1. The highest BCUT2D eigenvalue weighted by Gasteiger charge is 2.45. The molecular weight excluding hydrogens is 488 g/mol. The van der Waals surface area contributed by atoms with Crippen molar-refractivity contribution in [2.24, 2.45) is 5.92 Å². The second-order valence-corrected chi connectivity index (χ2v) is 10.5. The van der Waals surface area contributed by atoms with Crippen LogP contribution in [-0.2, 0) is 24.2 Å². The molecule has 2 aliphatic heterocycles. The lowest BCUT2D eigenvalue weighted by atomic mass is 9.95. The van der Waals surface area contributed by atoms with Crippen molar-refractivity contribution in [1.29, 1.82) is 0 Å². The molecule has 1 unspecified atom stereocenters. The van der Waals surface area contributed by atoms with Gasteiger partial charge < -0.3 is 10.4 Å². The van der Waals surface area contributed by atoms with Crippen molar-refractivity contribution < 1.29 is 18.7 Å². The van der Waals surface area contributed by atoms with Gasteiger partial charge in [0.15, 0.2) is 0 Å². The van der Waals surface area contributed by atoms with E-state index in [2.05, 4.69) is 21.5 Å². The van der Waals surface area contributed by atoms with Crippen LogP contribution in [0.25, 0.3) is 0 Å². The van der Waals surface area contributed by atoms with Gasteiger partial charge in [-0.3, -0.25) is 14.4 Å². The van der Waals surface area contributed by atoms with E-state index in [0.29, 0.717) is 37.9 Å². The molecule has 1 saturated heterocycles. The summed E-state index contributed by atoms with van der Waals surface area (Å²) in [5.74, 6) is -3.79. The number of pyridine rings is 1. The molecule has 0 aliphatic carbocycles. The van der Waals surface area contributed by atoms with Gasteiger partial charge in [0.2, 0.25) is 0 Å². The number of likely N-dealkylation sites (tertiary alicyclic amines) is 1. The number of fused-ring (bicyclic) bond motifs is 1.